The van der Waals surface area contributed by atoms with E-state index in [0.29, 0.717) is 26.3 Å². The number of morpholine rings is 1. The van der Waals surface area contributed by atoms with Crippen molar-refractivity contribution in [1.29, 1.82) is 0 Å². The molecule has 0 aromatic heterocycles. The Bertz CT molecular complexity index is 977. The fraction of sp³-hybridized carbons (Fsp3) is 0.625. The predicted octanol–water partition coefficient (Wildman–Crippen LogP) is 1.28. The van der Waals surface area contributed by atoms with Gasteiger partial charge in [0.1, 0.15) is 16.7 Å². The number of amides is 1. The van der Waals surface area contributed by atoms with Crippen molar-refractivity contribution in [2.45, 2.75) is 37.8 Å². The number of aliphatic hydroxyl groups excluding tert-OH is 1. The van der Waals surface area contributed by atoms with E-state index in [-0.39, 0.29) is 35.6 Å². The van der Waals surface area contributed by atoms with Crippen LogP contribution < -0.4 is 4.74 Å². The van der Waals surface area contributed by atoms with Gasteiger partial charge in [-0.2, -0.15) is 4.31 Å². The highest BCUT2D eigenvalue weighted by Crippen LogP contribution is 2.34. The van der Waals surface area contributed by atoms with Gasteiger partial charge in [0, 0.05) is 38.6 Å². The van der Waals surface area contributed by atoms with Gasteiger partial charge in [0.25, 0.3) is 0 Å². The van der Waals surface area contributed by atoms with Gasteiger partial charge in [-0.05, 0) is 31.5 Å². The van der Waals surface area contributed by atoms with E-state index in [0.717, 1.165) is 18.7 Å². The quantitative estimate of drug-likeness (QED) is 0.608. The average Bonchev–Trinajstić information content (AvgIpc) is 2.81. The van der Waals surface area contributed by atoms with E-state index in [1.54, 1.807) is 37.1 Å². The Balaban J connectivity index is 1.89. The second kappa shape index (κ2) is 11.6. The molecule has 10 heteroatoms. The van der Waals surface area contributed by atoms with Crippen LogP contribution in [0.25, 0.3) is 6.08 Å². The molecule has 2 heterocycles. The Morgan fingerprint density at radius 2 is 2.03 bits per heavy atom. The molecule has 190 valence electrons. The second-order valence-corrected chi connectivity index (χ2v) is 11.0. The average molecular weight is 496 g/mol. The van der Waals surface area contributed by atoms with Crippen molar-refractivity contribution in [3.63, 3.8) is 0 Å². The molecule has 1 fully saturated rings. The fourth-order valence-electron chi connectivity index (χ4n) is 4.20. The van der Waals surface area contributed by atoms with E-state index in [4.69, 9.17) is 9.47 Å². The summed E-state index contributed by atoms with van der Waals surface area (Å²) in [5.41, 5.74) is 0.821. The maximum Gasteiger partial charge on any atom is 0.247 e. The zero-order chi connectivity index (χ0) is 24.9. The molecule has 1 aromatic rings. The van der Waals surface area contributed by atoms with Crippen molar-refractivity contribution in [1.82, 2.24) is 14.1 Å². The number of nitrogens with zero attached hydrogens (tertiary/aromatic N) is 3. The molecule has 1 amide bonds. The van der Waals surface area contributed by atoms with E-state index in [2.05, 4.69) is 4.90 Å². The number of carbonyl (C=O) groups excluding carboxylic acids is 1. The molecule has 3 rings (SSSR count). The Labute approximate surface area is 203 Å². The molecular weight excluding hydrogens is 458 g/mol. The molecule has 1 saturated heterocycles. The van der Waals surface area contributed by atoms with Gasteiger partial charge in [-0.15, -0.1) is 0 Å². The van der Waals surface area contributed by atoms with Gasteiger partial charge in [-0.3, -0.25) is 9.69 Å². The van der Waals surface area contributed by atoms with Gasteiger partial charge in [-0.25, -0.2) is 8.42 Å². The third kappa shape index (κ3) is 6.17. The summed E-state index contributed by atoms with van der Waals surface area (Å²) in [4.78, 5) is 16.7. The third-order valence-electron chi connectivity index (χ3n) is 6.39. The van der Waals surface area contributed by atoms with Gasteiger partial charge >= 0.3 is 0 Å². The number of rotatable bonds is 7. The number of hydrogen-bond acceptors (Lipinski definition) is 7. The lowest BCUT2D eigenvalue weighted by atomic mass is 10.0. The molecule has 2 aliphatic rings. The SMILES string of the molecule is C/C=C/c1ccc2c(c1)O[C@@H](CN(C)C(=O)CN1CCOCC1)[C@@H](C)CN([C@@H](C)CO)S2(=O)=O. The minimum absolute atomic E-state index is 0.0177. The maximum atomic E-state index is 13.5. The summed E-state index contributed by atoms with van der Waals surface area (Å²) in [5, 5.41) is 9.76. The molecule has 0 aliphatic carbocycles. The molecule has 34 heavy (non-hydrogen) atoms. The topological polar surface area (TPSA) is 99.6 Å². The monoisotopic (exact) mass is 495 g/mol. The molecule has 1 aromatic carbocycles. The van der Waals surface area contributed by atoms with Gasteiger partial charge in [0.15, 0.2) is 0 Å². The van der Waals surface area contributed by atoms with Gasteiger partial charge in [0.2, 0.25) is 15.9 Å². The van der Waals surface area contributed by atoms with Crippen LogP contribution in [0.3, 0.4) is 0 Å². The molecule has 0 spiro atoms. The Morgan fingerprint density at radius 1 is 1.32 bits per heavy atom. The molecule has 0 saturated carbocycles. The number of hydrogen-bond donors (Lipinski definition) is 1. The first kappa shape index (κ1) is 26.6. The van der Waals surface area contributed by atoms with Crippen molar-refractivity contribution < 1.29 is 27.8 Å². The molecule has 3 atom stereocenters. The van der Waals surface area contributed by atoms with Crippen LogP contribution in [-0.4, -0.2) is 105 Å². The van der Waals surface area contributed by atoms with Crippen molar-refractivity contribution in [2.24, 2.45) is 5.92 Å². The normalized spacial score (nSPS) is 24.6. The second-order valence-electron chi connectivity index (χ2n) is 9.11. The van der Waals surface area contributed by atoms with E-state index < -0.39 is 22.2 Å². The Hall–Kier alpha value is -1.98. The molecule has 9 nitrogen and oxygen atoms in total. The summed E-state index contributed by atoms with van der Waals surface area (Å²) < 4.78 is 40.0. The first-order valence-corrected chi connectivity index (χ1v) is 13.2. The Morgan fingerprint density at radius 3 is 2.68 bits per heavy atom. The predicted molar refractivity (Wildman–Crippen MR) is 130 cm³/mol. The van der Waals surface area contributed by atoms with Gasteiger partial charge < -0.3 is 19.5 Å². The van der Waals surface area contributed by atoms with Crippen LogP contribution >= 0.6 is 0 Å². The zero-order valence-electron chi connectivity index (χ0n) is 20.5. The highest BCUT2D eigenvalue weighted by atomic mass is 32.2. The highest BCUT2D eigenvalue weighted by Gasteiger charge is 2.38. The fourth-order valence-corrected chi connectivity index (χ4v) is 6.02. The first-order valence-electron chi connectivity index (χ1n) is 11.8. The number of aliphatic hydroxyl groups is 1. The van der Waals surface area contributed by atoms with Crippen molar-refractivity contribution in [3.8, 4) is 5.75 Å². The number of ether oxygens (including phenoxy) is 2. The lowest BCUT2D eigenvalue weighted by Gasteiger charge is -2.38. The highest BCUT2D eigenvalue weighted by molar-refractivity contribution is 7.89. The number of likely N-dealkylation sites (N-methyl/N-ethyl adjacent to an activating group) is 1. The number of allylic oxidation sites excluding steroid dienone is 1. The van der Waals surface area contributed by atoms with Gasteiger partial charge in [0.05, 0.1) is 32.9 Å². The minimum Gasteiger partial charge on any atom is -0.487 e. The summed E-state index contributed by atoms with van der Waals surface area (Å²) >= 11 is 0. The smallest absolute Gasteiger partial charge is 0.247 e. The third-order valence-corrected chi connectivity index (χ3v) is 8.41. The lowest BCUT2D eigenvalue weighted by molar-refractivity contribution is -0.133. The zero-order valence-corrected chi connectivity index (χ0v) is 21.3. The van der Waals surface area contributed by atoms with Crippen LogP contribution in [0.2, 0.25) is 0 Å². The molecule has 2 aliphatic heterocycles. The molecule has 0 radical (unpaired) electrons. The van der Waals surface area contributed by atoms with Crippen LogP contribution in [0.4, 0.5) is 0 Å². The number of fused-ring (bicyclic) bond motifs is 1. The number of sulfonamides is 1. The van der Waals surface area contributed by atoms with Crippen LogP contribution in [0, 0.1) is 5.92 Å². The van der Waals surface area contributed by atoms with Crippen molar-refractivity contribution in [3.05, 3.63) is 29.8 Å². The van der Waals surface area contributed by atoms with Crippen LogP contribution in [-0.2, 0) is 19.6 Å². The molecule has 1 N–H and O–H groups in total. The summed E-state index contributed by atoms with van der Waals surface area (Å²) in [6.07, 6.45) is 3.32. The van der Waals surface area contributed by atoms with E-state index in [1.807, 2.05) is 26.0 Å². The molecular formula is C24H37N3O6S. The van der Waals surface area contributed by atoms with Crippen LogP contribution in [0.15, 0.2) is 29.2 Å². The summed E-state index contributed by atoms with van der Waals surface area (Å²) in [6, 6.07) is 4.42. The van der Waals surface area contributed by atoms with E-state index >= 15 is 0 Å². The van der Waals surface area contributed by atoms with Gasteiger partial charge in [-0.1, -0.05) is 25.1 Å². The first-order chi connectivity index (χ1) is 16.2. The standard InChI is InChI=1S/C24H37N3O6S/c1-5-6-20-7-8-23-21(13-20)33-22(18(2)14-27(19(3)17-28)34(23,30)31)15-25(4)24(29)16-26-9-11-32-12-10-26/h5-8,13,18-19,22,28H,9-12,14-17H2,1-4H3/b6-5+/t18-,19-,22-/m0/s1. The largest absolute Gasteiger partial charge is 0.487 e. The summed E-state index contributed by atoms with van der Waals surface area (Å²) in [6.45, 7) is 8.70. The molecule has 0 unspecified atom stereocenters. The van der Waals surface area contributed by atoms with E-state index in [9.17, 15) is 18.3 Å². The lowest BCUT2D eigenvalue weighted by Crippen LogP contribution is -2.51. The number of benzene rings is 1. The maximum absolute atomic E-state index is 13.5. The van der Waals surface area contributed by atoms with Crippen molar-refractivity contribution in [2.75, 3.05) is 59.6 Å². The van der Waals surface area contributed by atoms with Crippen molar-refractivity contribution >= 4 is 22.0 Å². The minimum atomic E-state index is -3.88. The van der Waals surface area contributed by atoms with E-state index in [1.165, 1.54) is 4.31 Å². The number of carbonyl (C=O) groups is 1. The van der Waals surface area contributed by atoms with Crippen LogP contribution in [0.5, 0.6) is 5.75 Å². The summed E-state index contributed by atoms with van der Waals surface area (Å²) in [7, 11) is -2.13. The molecule has 0 bridgehead atoms. The summed E-state index contributed by atoms with van der Waals surface area (Å²) in [5.74, 6) is 0.0214. The van der Waals surface area contributed by atoms with Crippen LogP contribution in [0.1, 0.15) is 26.3 Å². The Kier molecular flexibility index (Phi) is 9.11.